The number of aliphatic carboxylic acids is 1. The van der Waals surface area contributed by atoms with Gasteiger partial charge >= 0.3 is 5.97 Å². The standard InChI is InChI=1S/C14H21NO3S/c1-3-18-12(14(16)17)4-7-15-8-5-13-11(10(15)2)6-9-19-13/h6,9-10,12H,3-5,7-8H2,1-2H3,(H,16,17). The average Bonchev–Trinajstić information content (AvgIpc) is 2.85. The fraction of sp³-hybridized carbons (Fsp3) is 0.643. The van der Waals surface area contributed by atoms with Crippen LogP contribution in [0.25, 0.3) is 0 Å². The lowest BCUT2D eigenvalue weighted by Crippen LogP contribution is -2.37. The molecule has 2 rings (SSSR count). The first-order valence-electron chi connectivity index (χ1n) is 6.78. The van der Waals surface area contributed by atoms with Crippen molar-refractivity contribution in [2.45, 2.75) is 38.8 Å². The van der Waals surface area contributed by atoms with Gasteiger partial charge in [-0.25, -0.2) is 4.79 Å². The van der Waals surface area contributed by atoms with Gasteiger partial charge in [-0.1, -0.05) is 0 Å². The summed E-state index contributed by atoms with van der Waals surface area (Å²) >= 11 is 1.82. The van der Waals surface area contributed by atoms with E-state index in [4.69, 9.17) is 9.84 Å². The van der Waals surface area contributed by atoms with E-state index < -0.39 is 12.1 Å². The van der Waals surface area contributed by atoms with Crippen LogP contribution in [0.1, 0.15) is 36.8 Å². The summed E-state index contributed by atoms with van der Waals surface area (Å²) in [5, 5.41) is 11.2. The summed E-state index contributed by atoms with van der Waals surface area (Å²) in [6.07, 6.45) is 0.942. The van der Waals surface area contributed by atoms with Gasteiger partial charge in [-0.15, -0.1) is 11.3 Å². The van der Waals surface area contributed by atoms with E-state index in [1.165, 1.54) is 10.4 Å². The lowest BCUT2D eigenvalue weighted by atomic mass is 10.0. The van der Waals surface area contributed by atoms with Crippen LogP contribution in [0, 0.1) is 0 Å². The quantitative estimate of drug-likeness (QED) is 0.871. The fourth-order valence-corrected chi connectivity index (χ4v) is 3.59. The molecule has 0 amide bonds. The highest BCUT2D eigenvalue weighted by Crippen LogP contribution is 2.32. The maximum atomic E-state index is 11.1. The molecule has 1 aliphatic heterocycles. The first kappa shape index (κ1) is 14.5. The predicted molar refractivity (Wildman–Crippen MR) is 75.7 cm³/mol. The molecule has 1 aliphatic rings. The summed E-state index contributed by atoms with van der Waals surface area (Å²) < 4.78 is 5.26. The van der Waals surface area contributed by atoms with Crippen LogP contribution < -0.4 is 0 Å². The van der Waals surface area contributed by atoms with E-state index in [-0.39, 0.29) is 0 Å². The van der Waals surface area contributed by atoms with Crippen LogP contribution in [-0.2, 0) is 16.0 Å². The molecule has 4 nitrogen and oxygen atoms in total. The van der Waals surface area contributed by atoms with Crippen molar-refractivity contribution in [3.8, 4) is 0 Å². The number of rotatable bonds is 6. The first-order valence-corrected chi connectivity index (χ1v) is 7.66. The van der Waals surface area contributed by atoms with Gasteiger partial charge in [0.15, 0.2) is 6.10 Å². The van der Waals surface area contributed by atoms with Gasteiger partial charge in [-0.3, -0.25) is 4.90 Å². The highest BCUT2D eigenvalue weighted by molar-refractivity contribution is 7.10. The molecule has 0 bridgehead atoms. The molecule has 0 fully saturated rings. The van der Waals surface area contributed by atoms with Crippen molar-refractivity contribution in [1.82, 2.24) is 4.90 Å². The van der Waals surface area contributed by atoms with E-state index in [0.717, 1.165) is 19.5 Å². The van der Waals surface area contributed by atoms with Gasteiger partial charge in [0.2, 0.25) is 0 Å². The molecule has 1 aromatic rings. The predicted octanol–water partition coefficient (Wildman–Crippen LogP) is 2.55. The van der Waals surface area contributed by atoms with E-state index in [2.05, 4.69) is 23.3 Å². The summed E-state index contributed by atoms with van der Waals surface area (Å²) in [5.41, 5.74) is 1.40. The lowest BCUT2D eigenvalue weighted by molar-refractivity contribution is -0.150. The van der Waals surface area contributed by atoms with Gasteiger partial charge in [-0.05, 0) is 43.7 Å². The molecule has 19 heavy (non-hydrogen) atoms. The number of fused-ring (bicyclic) bond motifs is 1. The van der Waals surface area contributed by atoms with Crippen molar-refractivity contribution in [2.75, 3.05) is 19.7 Å². The van der Waals surface area contributed by atoms with Gasteiger partial charge in [0, 0.05) is 30.6 Å². The number of carbonyl (C=O) groups is 1. The highest BCUT2D eigenvalue weighted by Gasteiger charge is 2.26. The summed E-state index contributed by atoms with van der Waals surface area (Å²) in [5.74, 6) is -0.859. The van der Waals surface area contributed by atoms with E-state index in [1.54, 1.807) is 0 Å². The van der Waals surface area contributed by atoms with Crippen LogP contribution in [0.5, 0.6) is 0 Å². The Hall–Kier alpha value is -0.910. The molecule has 2 heterocycles. The Morgan fingerprint density at radius 3 is 3.16 bits per heavy atom. The third-order valence-corrected chi connectivity index (χ3v) is 4.72. The van der Waals surface area contributed by atoms with Crippen molar-refractivity contribution in [3.63, 3.8) is 0 Å². The molecular formula is C14H21NO3S. The van der Waals surface area contributed by atoms with Gasteiger partial charge in [0.05, 0.1) is 0 Å². The zero-order valence-electron chi connectivity index (χ0n) is 11.5. The number of nitrogens with zero attached hydrogens (tertiary/aromatic N) is 1. The van der Waals surface area contributed by atoms with Crippen molar-refractivity contribution >= 4 is 17.3 Å². The SMILES string of the molecule is CCOC(CCN1CCc2sccc2C1C)C(=O)O. The van der Waals surface area contributed by atoms with E-state index >= 15 is 0 Å². The Balaban J connectivity index is 1.92. The third-order valence-electron chi connectivity index (χ3n) is 3.73. The van der Waals surface area contributed by atoms with E-state index in [9.17, 15) is 4.79 Å². The Bertz CT molecular complexity index is 432. The Morgan fingerprint density at radius 1 is 1.68 bits per heavy atom. The van der Waals surface area contributed by atoms with Gasteiger partial charge in [0.25, 0.3) is 0 Å². The molecule has 1 aromatic heterocycles. The van der Waals surface area contributed by atoms with E-state index in [0.29, 0.717) is 19.1 Å². The molecule has 5 heteroatoms. The minimum absolute atomic E-state index is 0.381. The van der Waals surface area contributed by atoms with Gasteiger partial charge in [-0.2, -0.15) is 0 Å². The molecule has 0 saturated heterocycles. The average molecular weight is 283 g/mol. The highest BCUT2D eigenvalue weighted by atomic mass is 32.1. The summed E-state index contributed by atoms with van der Waals surface area (Å²) in [7, 11) is 0. The van der Waals surface area contributed by atoms with Crippen LogP contribution in [0.3, 0.4) is 0 Å². The number of carboxylic acids is 1. The zero-order valence-corrected chi connectivity index (χ0v) is 12.3. The fourth-order valence-electron chi connectivity index (χ4n) is 2.63. The number of thiophene rings is 1. The second-order valence-corrected chi connectivity index (χ2v) is 5.83. The van der Waals surface area contributed by atoms with Crippen LogP contribution in [-0.4, -0.2) is 41.8 Å². The molecular weight excluding hydrogens is 262 g/mol. The largest absolute Gasteiger partial charge is 0.479 e. The van der Waals surface area contributed by atoms with Gasteiger partial charge in [0.1, 0.15) is 0 Å². The minimum atomic E-state index is -0.859. The van der Waals surface area contributed by atoms with Gasteiger partial charge < -0.3 is 9.84 Å². The molecule has 0 spiro atoms. The molecule has 106 valence electrons. The summed E-state index contributed by atoms with van der Waals surface area (Å²) in [6.45, 7) is 6.25. The maximum absolute atomic E-state index is 11.1. The third kappa shape index (κ3) is 3.35. The van der Waals surface area contributed by atoms with Crippen molar-refractivity contribution in [1.29, 1.82) is 0 Å². The second kappa shape index (κ2) is 6.50. The van der Waals surface area contributed by atoms with Crippen LogP contribution >= 0.6 is 11.3 Å². The minimum Gasteiger partial charge on any atom is -0.479 e. The number of ether oxygens (including phenoxy) is 1. The topological polar surface area (TPSA) is 49.8 Å². The van der Waals surface area contributed by atoms with Crippen LogP contribution in [0.4, 0.5) is 0 Å². The molecule has 0 aliphatic carbocycles. The monoisotopic (exact) mass is 283 g/mol. The lowest BCUT2D eigenvalue weighted by Gasteiger charge is -2.34. The number of carboxylic acid groups (broad SMARTS) is 1. The Labute approximate surface area is 118 Å². The summed E-state index contributed by atoms with van der Waals surface area (Å²) in [6, 6.07) is 2.57. The smallest absolute Gasteiger partial charge is 0.332 e. The maximum Gasteiger partial charge on any atom is 0.332 e. The molecule has 0 radical (unpaired) electrons. The van der Waals surface area contributed by atoms with Crippen molar-refractivity contribution < 1.29 is 14.6 Å². The van der Waals surface area contributed by atoms with Crippen molar-refractivity contribution in [2.24, 2.45) is 0 Å². The van der Waals surface area contributed by atoms with E-state index in [1.807, 2.05) is 18.3 Å². The normalized spacial score (nSPS) is 21.1. The molecule has 1 N–H and O–H groups in total. The first-order chi connectivity index (χ1) is 9.13. The molecule has 2 unspecified atom stereocenters. The van der Waals surface area contributed by atoms with Crippen LogP contribution in [0.2, 0.25) is 0 Å². The van der Waals surface area contributed by atoms with Crippen molar-refractivity contribution in [3.05, 3.63) is 21.9 Å². The molecule has 0 saturated carbocycles. The van der Waals surface area contributed by atoms with Crippen LogP contribution in [0.15, 0.2) is 11.4 Å². The number of hydrogen-bond acceptors (Lipinski definition) is 4. The summed E-state index contributed by atoms with van der Waals surface area (Å²) in [4.78, 5) is 14.9. The zero-order chi connectivity index (χ0) is 13.8. The molecule has 2 atom stereocenters. The Kier molecular flexibility index (Phi) is 4.96. The molecule has 0 aromatic carbocycles. The second-order valence-electron chi connectivity index (χ2n) is 4.83. The number of hydrogen-bond donors (Lipinski definition) is 1. The Morgan fingerprint density at radius 2 is 2.47 bits per heavy atom.